The second-order valence-electron chi connectivity index (χ2n) is 5.82. The quantitative estimate of drug-likeness (QED) is 0.713. The zero-order valence-electron chi connectivity index (χ0n) is 14.2. The van der Waals surface area contributed by atoms with Crippen LogP contribution in [0.4, 0.5) is 8.78 Å². The van der Waals surface area contributed by atoms with Crippen LogP contribution in [0.3, 0.4) is 0 Å². The molecule has 2 amide bonds. The standard InChI is InChI=1S/C19H19ClF2N2O2/c1-12(16-11-15(21)8-9-17(16)22)24-18(25)3-2-10-23-19(26)13-4-6-14(20)7-5-13/h4-9,11-12H,2-3,10H2,1H3,(H,23,26)(H,24,25). The summed E-state index contributed by atoms with van der Waals surface area (Å²) in [6.45, 7) is 1.90. The highest BCUT2D eigenvalue weighted by Crippen LogP contribution is 2.18. The Labute approximate surface area is 155 Å². The summed E-state index contributed by atoms with van der Waals surface area (Å²) in [7, 11) is 0. The molecule has 2 rings (SSSR count). The van der Waals surface area contributed by atoms with Crippen molar-refractivity contribution in [3.8, 4) is 0 Å². The topological polar surface area (TPSA) is 58.2 Å². The molecule has 0 spiro atoms. The molecule has 26 heavy (non-hydrogen) atoms. The van der Waals surface area contributed by atoms with Gasteiger partial charge in [-0.3, -0.25) is 9.59 Å². The molecular formula is C19H19ClF2N2O2. The van der Waals surface area contributed by atoms with Crippen LogP contribution in [0.5, 0.6) is 0 Å². The van der Waals surface area contributed by atoms with Crippen molar-refractivity contribution < 1.29 is 18.4 Å². The van der Waals surface area contributed by atoms with Crippen LogP contribution in [0.15, 0.2) is 42.5 Å². The molecule has 0 aliphatic heterocycles. The van der Waals surface area contributed by atoms with E-state index in [-0.39, 0.29) is 23.8 Å². The average molecular weight is 381 g/mol. The van der Waals surface area contributed by atoms with Crippen LogP contribution in [-0.2, 0) is 4.79 Å². The highest BCUT2D eigenvalue weighted by molar-refractivity contribution is 6.30. The van der Waals surface area contributed by atoms with Crippen LogP contribution in [0.25, 0.3) is 0 Å². The van der Waals surface area contributed by atoms with E-state index in [1.807, 2.05) is 0 Å². The van der Waals surface area contributed by atoms with Crippen LogP contribution in [0.1, 0.15) is 41.7 Å². The van der Waals surface area contributed by atoms with E-state index in [1.165, 1.54) is 0 Å². The zero-order chi connectivity index (χ0) is 19.1. The Kier molecular flexibility index (Phi) is 7.09. The Morgan fingerprint density at radius 2 is 1.81 bits per heavy atom. The van der Waals surface area contributed by atoms with E-state index in [0.29, 0.717) is 23.6 Å². The van der Waals surface area contributed by atoms with Gasteiger partial charge in [-0.25, -0.2) is 8.78 Å². The number of hydrogen-bond acceptors (Lipinski definition) is 2. The van der Waals surface area contributed by atoms with Crippen molar-refractivity contribution in [2.45, 2.75) is 25.8 Å². The number of halogens is 3. The maximum absolute atomic E-state index is 13.7. The maximum Gasteiger partial charge on any atom is 0.251 e. The molecule has 0 aliphatic rings. The number of benzene rings is 2. The van der Waals surface area contributed by atoms with E-state index in [9.17, 15) is 18.4 Å². The predicted molar refractivity (Wildman–Crippen MR) is 95.9 cm³/mol. The summed E-state index contributed by atoms with van der Waals surface area (Å²) in [5.74, 6) is -1.69. The fraction of sp³-hybridized carbons (Fsp3) is 0.263. The van der Waals surface area contributed by atoms with Gasteiger partial charge in [-0.15, -0.1) is 0 Å². The van der Waals surface area contributed by atoms with Gasteiger partial charge in [-0.05, 0) is 55.8 Å². The number of nitrogens with one attached hydrogen (secondary N) is 2. The minimum Gasteiger partial charge on any atom is -0.352 e. The fourth-order valence-electron chi connectivity index (χ4n) is 2.39. The predicted octanol–water partition coefficient (Wildman–Crippen LogP) is 4.01. The van der Waals surface area contributed by atoms with Gasteiger partial charge in [-0.1, -0.05) is 11.6 Å². The molecule has 138 valence electrons. The summed E-state index contributed by atoms with van der Waals surface area (Å²) in [4.78, 5) is 23.8. The molecule has 2 N–H and O–H groups in total. The molecule has 7 heteroatoms. The molecule has 0 saturated heterocycles. The smallest absolute Gasteiger partial charge is 0.251 e. The van der Waals surface area contributed by atoms with Crippen LogP contribution in [0.2, 0.25) is 5.02 Å². The highest BCUT2D eigenvalue weighted by atomic mass is 35.5. The SMILES string of the molecule is CC(NC(=O)CCCNC(=O)c1ccc(Cl)cc1)c1cc(F)ccc1F. The lowest BCUT2D eigenvalue weighted by atomic mass is 10.1. The van der Waals surface area contributed by atoms with Crippen molar-refractivity contribution >= 4 is 23.4 Å². The van der Waals surface area contributed by atoms with E-state index in [0.717, 1.165) is 18.2 Å². The van der Waals surface area contributed by atoms with Crippen molar-refractivity contribution in [3.63, 3.8) is 0 Å². The third-order valence-electron chi connectivity index (χ3n) is 3.77. The second-order valence-corrected chi connectivity index (χ2v) is 6.26. The summed E-state index contributed by atoms with van der Waals surface area (Å²) < 4.78 is 26.9. The Hall–Kier alpha value is -2.47. The maximum atomic E-state index is 13.7. The molecule has 0 bridgehead atoms. The molecule has 4 nitrogen and oxygen atoms in total. The number of rotatable bonds is 7. The highest BCUT2D eigenvalue weighted by Gasteiger charge is 2.14. The van der Waals surface area contributed by atoms with Crippen molar-refractivity contribution in [2.75, 3.05) is 6.54 Å². The van der Waals surface area contributed by atoms with Crippen molar-refractivity contribution in [2.24, 2.45) is 0 Å². The first-order chi connectivity index (χ1) is 12.4. The minimum absolute atomic E-state index is 0.0920. The summed E-state index contributed by atoms with van der Waals surface area (Å²) in [6.07, 6.45) is 0.575. The number of carbonyl (C=O) groups is 2. The molecule has 0 fully saturated rings. The largest absolute Gasteiger partial charge is 0.352 e. The first-order valence-corrected chi connectivity index (χ1v) is 8.52. The molecule has 0 radical (unpaired) electrons. The molecule has 1 atom stereocenters. The number of carbonyl (C=O) groups excluding carboxylic acids is 2. The molecule has 1 unspecified atom stereocenters. The Balaban J connectivity index is 1.74. The zero-order valence-corrected chi connectivity index (χ0v) is 14.9. The van der Waals surface area contributed by atoms with E-state index in [4.69, 9.17) is 11.6 Å². The van der Waals surface area contributed by atoms with E-state index >= 15 is 0 Å². The Bertz CT molecular complexity index is 782. The lowest BCUT2D eigenvalue weighted by Crippen LogP contribution is -2.29. The van der Waals surface area contributed by atoms with Crippen molar-refractivity contribution in [3.05, 3.63) is 70.2 Å². The van der Waals surface area contributed by atoms with Crippen LogP contribution < -0.4 is 10.6 Å². The van der Waals surface area contributed by atoms with Crippen molar-refractivity contribution in [1.29, 1.82) is 0 Å². The van der Waals surface area contributed by atoms with E-state index < -0.39 is 17.7 Å². The van der Waals surface area contributed by atoms with Gasteiger partial charge < -0.3 is 10.6 Å². The summed E-state index contributed by atoms with van der Waals surface area (Å²) >= 11 is 5.76. The molecule has 2 aromatic carbocycles. The van der Waals surface area contributed by atoms with E-state index in [1.54, 1.807) is 31.2 Å². The lowest BCUT2D eigenvalue weighted by Gasteiger charge is -2.15. The van der Waals surface area contributed by atoms with Crippen LogP contribution in [0, 0.1) is 11.6 Å². The normalized spacial score (nSPS) is 11.7. The van der Waals surface area contributed by atoms with Crippen LogP contribution >= 0.6 is 11.6 Å². The number of amides is 2. The summed E-state index contributed by atoms with van der Waals surface area (Å²) in [5.41, 5.74) is 0.573. The molecule has 0 heterocycles. The average Bonchev–Trinajstić information content (AvgIpc) is 2.61. The van der Waals surface area contributed by atoms with Gasteiger partial charge in [0.05, 0.1) is 6.04 Å². The van der Waals surface area contributed by atoms with Gasteiger partial charge >= 0.3 is 0 Å². The monoisotopic (exact) mass is 380 g/mol. The van der Waals surface area contributed by atoms with Gasteiger partial charge in [-0.2, -0.15) is 0 Å². The number of hydrogen-bond donors (Lipinski definition) is 2. The second kappa shape index (κ2) is 9.29. The molecule has 0 aromatic heterocycles. The lowest BCUT2D eigenvalue weighted by molar-refractivity contribution is -0.121. The Morgan fingerprint density at radius 3 is 2.50 bits per heavy atom. The molecule has 0 saturated carbocycles. The summed E-state index contributed by atoms with van der Waals surface area (Å²) in [6, 6.07) is 8.93. The molecule has 2 aromatic rings. The minimum atomic E-state index is -0.651. The van der Waals surface area contributed by atoms with Gasteiger partial charge in [0.1, 0.15) is 11.6 Å². The Morgan fingerprint density at radius 1 is 1.12 bits per heavy atom. The first kappa shape index (κ1) is 19.8. The van der Waals surface area contributed by atoms with Crippen LogP contribution in [-0.4, -0.2) is 18.4 Å². The van der Waals surface area contributed by atoms with Crippen molar-refractivity contribution in [1.82, 2.24) is 10.6 Å². The van der Waals surface area contributed by atoms with Gasteiger partial charge in [0.15, 0.2) is 0 Å². The fourth-order valence-corrected chi connectivity index (χ4v) is 2.52. The summed E-state index contributed by atoms with van der Waals surface area (Å²) in [5, 5.41) is 5.86. The third-order valence-corrected chi connectivity index (χ3v) is 4.03. The van der Waals surface area contributed by atoms with Gasteiger partial charge in [0, 0.05) is 29.1 Å². The first-order valence-electron chi connectivity index (χ1n) is 8.15. The molecule has 0 aliphatic carbocycles. The molecular weight excluding hydrogens is 362 g/mol. The third kappa shape index (κ3) is 5.81. The van der Waals surface area contributed by atoms with Gasteiger partial charge in [0.2, 0.25) is 5.91 Å². The van der Waals surface area contributed by atoms with Gasteiger partial charge in [0.25, 0.3) is 5.91 Å². The van der Waals surface area contributed by atoms with E-state index in [2.05, 4.69) is 10.6 Å².